The van der Waals surface area contributed by atoms with Crippen LogP contribution in [0.5, 0.6) is 0 Å². The fourth-order valence-electron chi connectivity index (χ4n) is 3.74. The number of carbonyl (C=O) groups is 2. The molecule has 1 aliphatic rings. The number of methoxy groups -OCH3 is 1. The summed E-state index contributed by atoms with van der Waals surface area (Å²) in [6.45, 7) is 9.23. The van der Waals surface area contributed by atoms with E-state index in [0.717, 1.165) is 31.0 Å². The van der Waals surface area contributed by atoms with Crippen LogP contribution in [0.1, 0.15) is 17.3 Å². The van der Waals surface area contributed by atoms with Gasteiger partial charge in [-0.15, -0.1) is 6.58 Å². The molecule has 0 N–H and O–H groups in total. The predicted molar refractivity (Wildman–Crippen MR) is 120 cm³/mol. The summed E-state index contributed by atoms with van der Waals surface area (Å²) in [6.07, 6.45) is 1.75. The lowest BCUT2D eigenvalue weighted by Crippen LogP contribution is -2.55. The maximum absolute atomic E-state index is 13.0. The molecule has 0 aliphatic carbocycles. The molecule has 1 atom stereocenters. The first-order chi connectivity index (χ1) is 14.5. The van der Waals surface area contributed by atoms with Crippen LogP contribution < -0.4 is 9.80 Å². The Morgan fingerprint density at radius 3 is 2.43 bits per heavy atom. The van der Waals surface area contributed by atoms with Gasteiger partial charge in [-0.25, -0.2) is 4.79 Å². The van der Waals surface area contributed by atoms with E-state index in [9.17, 15) is 9.59 Å². The van der Waals surface area contributed by atoms with Crippen molar-refractivity contribution in [1.82, 2.24) is 4.90 Å². The second kappa shape index (κ2) is 10.1. The molecule has 0 bridgehead atoms. The number of benzene rings is 2. The van der Waals surface area contributed by atoms with E-state index in [1.54, 1.807) is 23.1 Å². The largest absolute Gasteiger partial charge is 0.465 e. The highest BCUT2D eigenvalue weighted by Crippen LogP contribution is 2.21. The third-order valence-corrected chi connectivity index (χ3v) is 5.44. The smallest absolute Gasteiger partial charge is 0.337 e. The lowest BCUT2D eigenvalue weighted by atomic mass is 10.1. The molecule has 0 radical (unpaired) electrons. The van der Waals surface area contributed by atoms with Crippen LogP contribution in [0.25, 0.3) is 0 Å². The Bertz CT molecular complexity index is 867. The number of hydrogen-bond donors (Lipinski definition) is 0. The van der Waals surface area contributed by atoms with Crippen molar-refractivity contribution in [2.45, 2.75) is 13.0 Å². The van der Waals surface area contributed by atoms with E-state index in [1.165, 1.54) is 7.11 Å². The van der Waals surface area contributed by atoms with E-state index in [0.29, 0.717) is 18.7 Å². The molecular weight excluding hydrogens is 378 g/mol. The lowest BCUT2D eigenvalue weighted by molar-refractivity contribution is -0.120. The average molecular weight is 408 g/mol. The Balaban J connectivity index is 1.61. The van der Waals surface area contributed by atoms with Gasteiger partial charge in [-0.05, 0) is 43.3 Å². The number of piperazine rings is 1. The SMILES string of the molecule is C=CCN(C(=O)CN1CCN(c2ccc(C(=O)OC)cc2)CC1C)c1ccccc1. The molecule has 3 rings (SSSR count). The van der Waals surface area contributed by atoms with Crippen molar-refractivity contribution < 1.29 is 14.3 Å². The number of nitrogens with zero attached hydrogens (tertiary/aromatic N) is 3. The number of carbonyl (C=O) groups excluding carboxylic acids is 2. The van der Waals surface area contributed by atoms with Crippen LogP contribution in [-0.4, -0.2) is 62.7 Å². The summed E-state index contributed by atoms with van der Waals surface area (Å²) in [5, 5.41) is 0. The number of ether oxygens (including phenoxy) is 1. The van der Waals surface area contributed by atoms with Crippen molar-refractivity contribution in [3.8, 4) is 0 Å². The summed E-state index contributed by atoms with van der Waals surface area (Å²) < 4.78 is 4.76. The molecule has 1 aliphatic heterocycles. The molecule has 1 unspecified atom stereocenters. The molecule has 6 nitrogen and oxygen atoms in total. The summed E-state index contributed by atoms with van der Waals surface area (Å²) in [5.41, 5.74) is 2.50. The highest BCUT2D eigenvalue weighted by Gasteiger charge is 2.27. The van der Waals surface area contributed by atoms with Gasteiger partial charge in [0.15, 0.2) is 0 Å². The maximum Gasteiger partial charge on any atom is 0.337 e. The first kappa shape index (κ1) is 21.6. The summed E-state index contributed by atoms with van der Waals surface area (Å²) in [7, 11) is 1.38. The van der Waals surface area contributed by atoms with E-state index in [2.05, 4.69) is 23.3 Å². The summed E-state index contributed by atoms with van der Waals surface area (Å²) >= 11 is 0. The minimum atomic E-state index is -0.333. The third-order valence-electron chi connectivity index (χ3n) is 5.44. The zero-order chi connectivity index (χ0) is 21.5. The van der Waals surface area contributed by atoms with Gasteiger partial charge in [0.05, 0.1) is 19.2 Å². The van der Waals surface area contributed by atoms with Gasteiger partial charge in [0.1, 0.15) is 0 Å². The van der Waals surface area contributed by atoms with Crippen molar-refractivity contribution >= 4 is 23.3 Å². The monoisotopic (exact) mass is 407 g/mol. The van der Waals surface area contributed by atoms with Crippen molar-refractivity contribution in [1.29, 1.82) is 0 Å². The zero-order valence-electron chi connectivity index (χ0n) is 17.7. The van der Waals surface area contributed by atoms with Crippen LogP contribution in [0.4, 0.5) is 11.4 Å². The quantitative estimate of drug-likeness (QED) is 0.521. The van der Waals surface area contributed by atoms with Crippen LogP contribution in [-0.2, 0) is 9.53 Å². The summed E-state index contributed by atoms with van der Waals surface area (Å²) in [4.78, 5) is 30.9. The molecule has 1 amide bonds. The van der Waals surface area contributed by atoms with E-state index < -0.39 is 0 Å². The van der Waals surface area contributed by atoms with E-state index in [1.807, 2.05) is 42.5 Å². The molecule has 158 valence electrons. The predicted octanol–water partition coefficient (Wildman–Crippen LogP) is 3.20. The van der Waals surface area contributed by atoms with Crippen LogP contribution in [0, 0.1) is 0 Å². The van der Waals surface area contributed by atoms with E-state index in [-0.39, 0.29) is 17.9 Å². The fraction of sp³-hybridized carbons (Fsp3) is 0.333. The average Bonchev–Trinajstić information content (AvgIpc) is 2.78. The van der Waals surface area contributed by atoms with Crippen molar-refractivity contribution in [2.24, 2.45) is 0 Å². The Labute approximate surface area is 178 Å². The van der Waals surface area contributed by atoms with Crippen LogP contribution >= 0.6 is 0 Å². The van der Waals surface area contributed by atoms with Gasteiger partial charge in [-0.3, -0.25) is 9.69 Å². The molecule has 0 saturated carbocycles. The third kappa shape index (κ3) is 5.07. The minimum Gasteiger partial charge on any atom is -0.465 e. The van der Waals surface area contributed by atoms with Gasteiger partial charge in [0.25, 0.3) is 0 Å². The number of amides is 1. The topological polar surface area (TPSA) is 53.1 Å². The maximum atomic E-state index is 13.0. The van der Waals surface area contributed by atoms with Gasteiger partial charge in [0, 0.05) is 43.6 Å². The molecule has 2 aromatic carbocycles. The van der Waals surface area contributed by atoms with Crippen molar-refractivity contribution in [2.75, 3.05) is 49.6 Å². The first-order valence-electron chi connectivity index (χ1n) is 10.2. The molecule has 1 fully saturated rings. The standard InChI is InChI=1S/C24H29N3O3/c1-4-14-27(22-8-6-5-7-9-22)23(28)18-25-15-16-26(17-19(25)2)21-12-10-20(11-13-21)24(29)30-3/h4-13,19H,1,14-18H2,2-3H3. The molecule has 6 heteroatoms. The van der Waals surface area contributed by atoms with Crippen molar-refractivity contribution in [3.05, 3.63) is 72.8 Å². The molecule has 0 aromatic heterocycles. The van der Waals surface area contributed by atoms with Gasteiger partial charge in [0.2, 0.25) is 5.91 Å². The molecule has 1 saturated heterocycles. The Kier molecular flexibility index (Phi) is 7.25. The lowest BCUT2D eigenvalue weighted by Gasteiger charge is -2.41. The van der Waals surface area contributed by atoms with E-state index >= 15 is 0 Å². The van der Waals surface area contributed by atoms with Gasteiger partial charge in [-0.1, -0.05) is 24.3 Å². The summed E-state index contributed by atoms with van der Waals surface area (Å²) in [6, 6.07) is 17.4. The fourth-order valence-corrected chi connectivity index (χ4v) is 3.74. The molecule has 0 spiro atoms. The molecule has 2 aromatic rings. The van der Waals surface area contributed by atoms with E-state index in [4.69, 9.17) is 4.74 Å². The first-order valence-corrected chi connectivity index (χ1v) is 10.2. The highest BCUT2D eigenvalue weighted by atomic mass is 16.5. The van der Waals surface area contributed by atoms with Gasteiger partial charge < -0.3 is 14.5 Å². The Hall–Kier alpha value is -3.12. The normalized spacial score (nSPS) is 16.7. The highest BCUT2D eigenvalue weighted by molar-refractivity contribution is 5.95. The molecular formula is C24H29N3O3. The second-order valence-electron chi connectivity index (χ2n) is 7.43. The minimum absolute atomic E-state index is 0.0730. The van der Waals surface area contributed by atoms with Crippen LogP contribution in [0.15, 0.2) is 67.3 Å². The Morgan fingerprint density at radius 1 is 1.13 bits per heavy atom. The van der Waals surface area contributed by atoms with Crippen LogP contribution in [0.2, 0.25) is 0 Å². The van der Waals surface area contributed by atoms with Crippen LogP contribution in [0.3, 0.4) is 0 Å². The number of para-hydroxylation sites is 1. The van der Waals surface area contributed by atoms with Crippen molar-refractivity contribution in [3.63, 3.8) is 0 Å². The number of esters is 1. The molecule has 1 heterocycles. The number of rotatable bonds is 7. The Morgan fingerprint density at radius 2 is 1.83 bits per heavy atom. The number of anilines is 2. The summed E-state index contributed by atoms with van der Waals surface area (Å²) in [5.74, 6) is -0.260. The second-order valence-corrected chi connectivity index (χ2v) is 7.43. The van der Waals surface area contributed by atoms with Gasteiger partial charge >= 0.3 is 5.97 Å². The number of hydrogen-bond acceptors (Lipinski definition) is 5. The van der Waals surface area contributed by atoms with Gasteiger partial charge in [-0.2, -0.15) is 0 Å². The zero-order valence-corrected chi connectivity index (χ0v) is 17.7. The molecule has 30 heavy (non-hydrogen) atoms.